The fourth-order valence-corrected chi connectivity index (χ4v) is 3.41. The number of fused-ring (bicyclic) bond motifs is 1. The van der Waals surface area contributed by atoms with Crippen LogP contribution in [0.2, 0.25) is 0 Å². The maximum absolute atomic E-state index is 12.5. The number of nitrogens with zero attached hydrogens (tertiary/aromatic N) is 1. The molecule has 0 spiro atoms. The van der Waals surface area contributed by atoms with Crippen molar-refractivity contribution in [1.29, 1.82) is 0 Å². The Morgan fingerprint density at radius 2 is 2.15 bits per heavy atom. The highest BCUT2D eigenvalue weighted by Gasteiger charge is 2.38. The van der Waals surface area contributed by atoms with Gasteiger partial charge in [-0.1, -0.05) is 20.8 Å². The third kappa shape index (κ3) is 3.03. The summed E-state index contributed by atoms with van der Waals surface area (Å²) in [4.78, 5) is 27.4. The number of esters is 1. The Balaban J connectivity index is 2.29. The molecule has 0 aliphatic carbocycles. The molecule has 2 rings (SSSR count). The molecule has 0 N–H and O–H groups in total. The molecule has 110 valence electrons. The number of thiophene rings is 1. The van der Waals surface area contributed by atoms with Crippen molar-refractivity contribution in [3.63, 3.8) is 0 Å². The molecule has 0 radical (unpaired) electrons. The lowest BCUT2D eigenvalue weighted by molar-refractivity contribution is -0.154. The Bertz CT molecular complexity index is 515. The van der Waals surface area contributed by atoms with Gasteiger partial charge in [-0.25, -0.2) is 4.79 Å². The molecule has 1 aliphatic rings. The summed E-state index contributed by atoms with van der Waals surface area (Å²) in [5, 5.41) is 1.97. The molecule has 4 nitrogen and oxygen atoms in total. The van der Waals surface area contributed by atoms with Gasteiger partial charge in [-0.2, -0.15) is 0 Å². The molecule has 2 heterocycles. The van der Waals surface area contributed by atoms with Gasteiger partial charge >= 0.3 is 5.97 Å². The quantitative estimate of drug-likeness (QED) is 0.788. The van der Waals surface area contributed by atoms with Gasteiger partial charge in [-0.3, -0.25) is 4.79 Å². The van der Waals surface area contributed by atoms with E-state index in [4.69, 9.17) is 4.74 Å². The van der Waals surface area contributed by atoms with E-state index in [1.807, 2.05) is 32.2 Å². The number of methoxy groups -OCH3 is 1. The first-order valence-corrected chi connectivity index (χ1v) is 7.65. The summed E-state index contributed by atoms with van der Waals surface area (Å²) in [6, 6.07) is 1.35. The van der Waals surface area contributed by atoms with Crippen LogP contribution in [-0.4, -0.2) is 30.4 Å². The number of rotatable bonds is 2. The van der Waals surface area contributed by atoms with Gasteiger partial charge in [0.05, 0.1) is 7.11 Å². The molecule has 1 aromatic rings. The number of ether oxygens (including phenoxy) is 1. The van der Waals surface area contributed by atoms with Gasteiger partial charge in [0, 0.05) is 17.8 Å². The minimum absolute atomic E-state index is 0.0183. The second kappa shape index (κ2) is 5.56. The van der Waals surface area contributed by atoms with Crippen LogP contribution in [0.25, 0.3) is 0 Å². The first-order chi connectivity index (χ1) is 9.33. The molecule has 1 atom stereocenters. The molecule has 1 amide bonds. The Morgan fingerprint density at radius 1 is 1.45 bits per heavy atom. The van der Waals surface area contributed by atoms with E-state index >= 15 is 0 Å². The minimum atomic E-state index is -0.579. The summed E-state index contributed by atoms with van der Waals surface area (Å²) >= 11 is 1.64. The summed E-state index contributed by atoms with van der Waals surface area (Å²) in [5.41, 5.74) is 0.836. The highest BCUT2D eigenvalue weighted by molar-refractivity contribution is 7.10. The van der Waals surface area contributed by atoms with E-state index in [9.17, 15) is 9.59 Å². The topological polar surface area (TPSA) is 46.6 Å². The maximum atomic E-state index is 12.5. The van der Waals surface area contributed by atoms with Crippen LogP contribution in [0, 0.1) is 5.41 Å². The van der Waals surface area contributed by atoms with Crippen molar-refractivity contribution in [2.75, 3.05) is 13.7 Å². The third-order valence-electron chi connectivity index (χ3n) is 3.39. The zero-order valence-electron chi connectivity index (χ0n) is 12.4. The third-order valence-corrected chi connectivity index (χ3v) is 4.39. The standard InChI is InChI=1S/C15H21NO3S/c1-15(2,3)9-12(17)16-7-5-11-10(6-8-20-11)13(16)14(18)19-4/h6,8,13H,5,7,9H2,1-4H3. The summed E-state index contributed by atoms with van der Waals surface area (Å²) in [6.45, 7) is 6.66. The number of amides is 1. The molecular formula is C15H21NO3S. The van der Waals surface area contributed by atoms with Gasteiger partial charge in [0.25, 0.3) is 0 Å². The van der Waals surface area contributed by atoms with E-state index in [2.05, 4.69) is 0 Å². The van der Waals surface area contributed by atoms with Crippen LogP contribution in [0.15, 0.2) is 11.4 Å². The summed E-state index contributed by atoms with van der Waals surface area (Å²) in [5.74, 6) is -0.337. The second-order valence-corrected chi connectivity index (χ2v) is 7.30. The number of carbonyl (C=O) groups excluding carboxylic acids is 2. The van der Waals surface area contributed by atoms with Crippen molar-refractivity contribution in [1.82, 2.24) is 4.90 Å². The van der Waals surface area contributed by atoms with Gasteiger partial charge in [0.2, 0.25) is 5.91 Å². The van der Waals surface area contributed by atoms with Crippen LogP contribution >= 0.6 is 11.3 Å². The molecule has 5 heteroatoms. The lowest BCUT2D eigenvalue weighted by atomic mass is 9.90. The van der Waals surface area contributed by atoms with E-state index in [0.717, 1.165) is 12.0 Å². The highest BCUT2D eigenvalue weighted by Crippen LogP contribution is 2.35. The largest absolute Gasteiger partial charge is 0.467 e. The van der Waals surface area contributed by atoms with E-state index in [1.54, 1.807) is 16.2 Å². The summed E-state index contributed by atoms with van der Waals surface area (Å²) in [6.07, 6.45) is 1.25. The summed E-state index contributed by atoms with van der Waals surface area (Å²) < 4.78 is 4.90. The average Bonchev–Trinajstić information content (AvgIpc) is 2.82. The van der Waals surface area contributed by atoms with Gasteiger partial charge in [0.15, 0.2) is 6.04 Å². The maximum Gasteiger partial charge on any atom is 0.333 e. The van der Waals surface area contributed by atoms with E-state index in [-0.39, 0.29) is 17.3 Å². The van der Waals surface area contributed by atoms with Gasteiger partial charge in [-0.15, -0.1) is 11.3 Å². The Hall–Kier alpha value is -1.36. The zero-order valence-corrected chi connectivity index (χ0v) is 13.3. The second-order valence-electron chi connectivity index (χ2n) is 6.30. The first kappa shape index (κ1) is 15.0. The van der Waals surface area contributed by atoms with Crippen LogP contribution in [0.1, 0.15) is 43.7 Å². The van der Waals surface area contributed by atoms with Gasteiger partial charge in [0.1, 0.15) is 0 Å². The van der Waals surface area contributed by atoms with Crippen LogP contribution < -0.4 is 0 Å². The van der Waals surface area contributed by atoms with Crippen LogP contribution in [0.4, 0.5) is 0 Å². The predicted octanol–water partition coefficient (Wildman–Crippen LogP) is 2.78. The van der Waals surface area contributed by atoms with E-state index in [0.29, 0.717) is 13.0 Å². The molecule has 0 saturated heterocycles. The fourth-order valence-electron chi connectivity index (χ4n) is 2.51. The van der Waals surface area contributed by atoms with Crippen molar-refractivity contribution >= 4 is 23.2 Å². The van der Waals surface area contributed by atoms with Crippen molar-refractivity contribution in [3.8, 4) is 0 Å². The number of hydrogen-bond acceptors (Lipinski definition) is 4. The Kier molecular flexibility index (Phi) is 4.18. The Morgan fingerprint density at radius 3 is 2.75 bits per heavy atom. The van der Waals surface area contributed by atoms with E-state index < -0.39 is 6.04 Å². The first-order valence-electron chi connectivity index (χ1n) is 6.77. The lowest BCUT2D eigenvalue weighted by Crippen LogP contribution is -2.44. The van der Waals surface area contributed by atoms with Crippen molar-refractivity contribution < 1.29 is 14.3 Å². The van der Waals surface area contributed by atoms with Crippen molar-refractivity contribution in [2.45, 2.75) is 39.7 Å². The molecule has 0 fully saturated rings. The fraction of sp³-hybridized carbons (Fsp3) is 0.600. The monoisotopic (exact) mass is 295 g/mol. The molecule has 0 saturated carbocycles. The van der Waals surface area contributed by atoms with Gasteiger partial charge in [-0.05, 0) is 28.8 Å². The van der Waals surface area contributed by atoms with Crippen molar-refractivity contribution in [3.05, 3.63) is 21.9 Å². The number of hydrogen-bond donors (Lipinski definition) is 0. The van der Waals surface area contributed by atoms with Crippen molar-refractivity contribution in [2.24, 2.45) is 5.41 Å². The summed E-state index contributed by atoms with van der Waals surface area (Å²) in [7, 11) is 1.37. The van der Waals surface area contributed by atoms with Crippen LogP contribution in [0.5, 0.6) is 0 Å². The predicted molar refractivity (Wildman–Crippen MR) is 78.6 cm³/mol. The smallest absolute Gasteiger partial charge is 0.333 e. The van der Waals surface area contributed by atoms with Gasteiger partial charge < -0.3 is 9.64 Å². The molecular weight excluding hydrogens is 274 g/mol. The zero-order chi connectivity index (χ0) is 14.9. The molecule has 1 aliphatic heterocycles. The molecule has 1 unspecified atom stereocenters. The molecule has 20 heavy (non-hydrogen) atoms. The SMILES string of the molecule is COC(=O)C1c2ccsc2CCN1C(=O)CC(C)(C)C. The molecule has 0 aromatic carbocycles. The van der Waals surface area contributed by atoms with E-state index in [1.165, 1.54) is 12.0 Å². The molecule has 0 bridgehead atoms. The lowest BCUT2D eigenvalue weighted by Gasteiger charge is -2.35. The Labute approximate surface area is 123 Å². The normalized spacial score (nSPS) is 18.6. The highest BCUT2D eigenvalue weighted by atomic mass is 32.1. The number of carbonyl (C=O) groups is 2. The van der Waals surface area contributed by atoms with Crippen LogP contribution in [0.3, 0.4) is 0 Å². The minimum Gasteiger partial charge on any atom is -0.467 e. The molecule has 1 aromatic heterocycles. The van der Waals surface area contributed by atoms with Crippen LogP contribution in [-0.2, 0) is 20.7 Å². The average molecular weight is 295 g/mol.